The molecule has 760 valence electrons. The first-order valence-electron chi connectivity index (χ1n) is 51.2. The maximum absolute atomic E-state index is 17.9. The largest absolute Gasteiger partial charge is 0.496 e. The van der Waals surface area contributed by atoms with Crippen molar-refractivity contribution in [2.75, 3.05) is 35.5 Å². The lowest BCUT2D eigenvalue weighted by Crippen LogP contribution is -2.36. The van der Waals surface area contributed by atoms with E-state index in [9.17, 15) is 0 Å². The number of carbonyl (C=O) groups is 10. The van der Waals surface area contributed by atoms with Gasteiger partial charge in [-0.05, 0) is 54.9 Å². The van der Waals surface area contributed by atoms with Crippen LogP contribution in [0.2, 0.25) is 0 Å². The van der Waals surface area contributed by atoms with E-state index in [-0.39, 0.29) is 140 Å². The molecule has 15 aromatic carbocycles. The van der Waals surface area contributed by atoms with Gasteiger partial charge in [-0.2, -0.15) is 0 Å². The molecule has 0 fully saturated rings. The molecule has 15 heteroatoms. The Labute approximate surface area is 881 Å². The van der Waals surface area contributed by atoms with Crippen molar-refractivity contribution >= 4 is 57.8 Å². The number of rotatable bonds is 30. The van der Waals surface area contributed by atoms with Crippen LogP contribution in [0.25, 0.3) is 0 Å². The summed E-state index contributed by atoms with van der Waals surface area (Å²) in [6, 6.07) is 105. The van der Waals surface area contributed by atoms with Crippen LogP contribution in [0, 0.1) is 29.6 Å². The third-order valence-corrected chi connectivity index (χ3v) is 29.5. The van der Waals surface area contributed by atoms with E-state index < -0.39 is 144 Å². The molecule has 0 atom stereocenters. The summed E-state index contributed by atoms with van der Waals surface area (Å²) in [7, 11) is 7.37. The van der Waals surface area contributed by atoms with Crippen LogP contribution in [0.5, 0.6) is 28.7 Å². The van der Waals surface area contributed by atoms with E-state index in [4.69, 9.17) is 23.7 Å². The van der Waals surface area contributed by atoms with E-state index in [2.05, 4.69) is 0 Å². The van der Waals surface area contributed by atoms with Gasteiger partial charge in [0.15, 0.2) is 57.8 Å². The van der Waals surface area contributed by atoms with Crippen LogP contribution in [-0.4, -0.2) is 93.4 Å². The minimum atomic E-state index is -1.92. The van der Waals surface area contributed by atoms with Crippen LogP contribution < -0.4 is 23.7 Å². The topological polar surface area (TPSA) is 217 Å². The highest BCUT2D eigenvalue weighted by Crippen LogP contribution is 2.61. The molecule has 1 aliphatic carbocycles. The maximum atomic E-state index is 17.9. The van der Waals surface area contributed by atoms with Gasteiger partial charge >= 0.3 is 0 Å². The lowest BCUT2D eigenvalue weighted by atomic mass is 9.64. The van der Waals surface area contributed by atoms with Gasteiger partial charge in [-0.25, -0.2) is 0 Å². The number of methoxy groups -OCH3 is 5. The van der Waals surface area contributed by atoms with Gasteiger partial charge in [0.05, 0.1) is 65.1 Å². The highest BCUT2D eigenvalue weighted by molar-refractivity contribution is 6.22. The number of benzene rings is 15. The predicted octanol–water partition coefficient (Wildman–Crippen LogP) is 29.1. The van der Waals surface area contributed by atoms with Crippen molar-refractivity contribution in [2.45, 2.75) is 161 Å². The van der Waals surface area contributed by atoms with Gasteiger partial charge in [-0.1, -0.05) is 468 Å². The van der Waals surface area contributed by atoms with Crippen molar-refractivity contribution in [1.29, 1.82) is 0 Å². The molecule has 10 bridgehead atoms. The molecule has 0 N–H and O–H groups in total. The number of Topliss-reactive ketones (excluding diaryl/α,β-unsaturated/α-hetero) is 10. The summed E-state index contributed by atoms with van der Waals surface area (Å²) >= 11 is 0. The summed E-state index contributed by atoms with van der Waals surface area (Å²) in [5.41, 5.74) is 0.176. The Kier molecular flexibility index (Phi) is 31.5. The minimum Gasteiger partial charge on any atom is -0.496 e. The van der Waals surface area contributed by atoms with Crippen molar-refractivity contribution in [3.05, 3.63) is 503 Å². The Morgan fingerprint density at radius 1 is 0.160 bits per heavy atom. The second kappa shape index (κ2) is 44.2. The van der Waals surface area contributed by atoms with Crippen LogP contribution in [-0.2, 0) is 27.1 Å². The molecule has 0 aliphatic heterocycles. The van der Waals surface area contributed by atoms with Gasteiger partial charge in [0, 0.05) is 141 Å². The maximum Gasteiger partial charge on any atom is 0.174 e. The van der Waals surface area contributed by atoms with Gasteiger partial charge in [-0.15, -0.1) is 0 Å². The van der Waals surface area contributed by atoms with E-state index in [0.717, 1.165) is 0 Å². The zero-order valence-corrected chi connectivity index (χ0v) is 89.0. The number of hydrogen-bond acceptors (Lipinski definition) is 15. The monoisotopic (exact) mass is 1990 g/mol. The van der Waals surface area contributed by atoms with Gasteiger partial charge in [0.1, 0.15) is 28.7 Å². The SMILES string of the molecule is COc1c2cc(C(C)(C)C)cc1C(C(C(=O)c1ccccc1)C(=O)c1ccccc1)c1cc(C(C)(C)C)cc(c1OC)C(C(C(=O)c1ccccc1)C(=O)c1ccccc1)c1cc(C(C)(C)C)cc(c1OC)C(C(C(=O)c1ccccc1)C(=O)c1ccccc1)c1cc(C(C)(C)C)cc(c1OC)C(C(C(=O)c1ccccc1)C(=O)c1ccccc1)c1cc(C(C)(C)C)cc(c1OC)C2C(C(=O)c1ccccc1)C(=O)c1ccccc1. The van der Waals surface area contributed by atoms with Crippen LogP contribution in [0.15, 0.2) is 364 Å². The number of carbonyl (C=O) groups excluding carboxylic acids is 10. The smallest absolute Gasteiger partial charge is 0.174 e. The number of fused-ring (bicyclic) bond motifs is 10. The van der Waals surface area contributed by atoms with E-state index in [1.807, 2.05) is 165 Å². The second-order valence-electron chi connectivity index (χ2n) is 44.3. The molecule has 0 amide bonds. The fourth-order valence-corrected chi connectivity index (χ4v) is 21.6. The molecule has 16 rings (SSSR count). The lowest BCUT2D eigenvalue weighted by molar-refractivity contribution is 0.0774. The van der Waals surface area contributed by atoms with Crippen molar-refractivity contribution in [3.8, 4) is 28.7 Å². The Hall–Kier alpha value is -16.0. The molecule has 0 radical (unpaired) electrons. The fraction of sp³-hybridized carbons (Fsp3) is 0.259. The molecule has 0 aromatic heterocycles. The van der Waals surface area contributed by atoms with E-state index >= 15 is 47.9 Å². The molecule has 0 heterocycles. The molecule has 0 spiro atoms. The number of hydrogen-bond donors (Lipinski definition) is 0. The molecule has 0 saturated carbocycles. The molecule has 1 aliphatic rings. The molecule has 0 saturated heterocycles. The first kappa shape index (κ1) is 107. The van der Waals surface area contributed by atoms with E-state index in [1.165, 1.54) is 35.5 Å². The first-order valence-corrected chi connectivity index (χ1v) is 51.2. The summed E-state index contributed by atoms with van der Waals surface area (Å²) in [5, 5.41) is 0. The molecular weight excluding hydrogens is 1860 g/mol. The van der Waals surface area contributed by atoms with Crippen LogP contribution in [0.1, 0.15) is 320 Å². The summed E-state index contributed by atoms with van der Waals surface area (Å²) < 4.78 is 37.6. The van der Waals surface area contributed by atoms with E-state index in [1.54, 1.807) is 303 Å². The van der Waals surface area contributed by atoms with Crippen LogP contribution in [0.3, 0.4) is 0 Å². The number of ketones is 10. The predicted molar refractivity (Wildman–Crippen MR) is 593 cm³/mol. The van der Waals surface area contributed by atoms with Gasteiger partial charge in [-0.3, -0.25) is 47.9 Å². The number of ether oxygens (including phenoxy) is 5. The third-order valence-electron chi connectivity index (χ3n) is 29.5. The Balaban J connectivity index is 1.29. The average Bonchev–Trinajstić information content (AvgIpc) is 0.713. The van der Waals surface area contributed by atoms with Gasteiger partial charge in [0.25, 0.3) is 0 Å². The summed E-state index contributed by atoms with van der Waals surface area (Å²) in [6.07, 6.45) is 0. The summed E-state index contributed by atoms with van der Waals surface area (Å²) in [6.45, 7) is 30.2. The van der Waals surface area contributed by atoms with Crippen molar-refractivity contribution in [3.63, 3.8) is 0 Å². The average molecular weight is 1990 g/mol. The van der Waals surface area contributed by atoms with Crippen molar-refractivity contribution < 1.29 is 71.6 Å². The minimum absolute atomic E-state index is 0.0367. The quantitative estimate of drug-likeness (QED) is 0.0302. The third kappa shape index (κ3) is 21.6. The molecule has 0 unspecified atom stereocenters. The van der Waals surface area contributed by atoms with Crippen molar-refractivity contribution in [2.24, 2.45) is 29.6 Å². The van der Waals surface area contributed by atoms with E-state index in [0.29, 0.717) is 27.8 Å². The first-order chi connectivity index (χ1) is 71.6. The highest BCUT2D eigenvalue weighted by Gasteiger charge is 2.53. The molecule has 150 heavy (non-hydrogen) atoms. The summed E-state index contributed by atoms with van der Waals surface area (Å²) in [5.74, 6) is -25.1. The van der Waals surface area contributed by atoms with Gasteiger partial charge in [0.2, 0.25) is 0 Å². The Morgan fingerprint density at radius 2 is 0.247 bits per heavy atom. The zero-order valence-electron chi connectivity index (χ0n) is 89.0. The normalized spacial score (nSPS) is 14.9. The molecule has 15 nitrogen and oxygen atoms in total. The van der Waals surface area contributed by atoms with Crippen LogP contribution in [0.4, 0.5) is 0 Å². The lowest BCUT2D eigenvalue weighted by Gasteiger charge is -2.39. The zero-order chi connectivity index (χ0) is 107. The van der Waals surface area contributed by atoms with Crippen molar-refractivity contribution in [1.82, 2.24) is 0 Å². The second-order valence-corrected chi connectivity index (χ2v) is 44.3. The molecular formula is C135H130O15. The molecule has 15 aromatic rings. The van der Waals surface area contributed by atoms with Crippen LogP contribution >= 0.6 is 0 Å². The Morgan fingerprint density at radius 3 is 0.320 bits per heavy atom. The Bertz CT molecular complexity index is 6130. The van der Waals surface area contributed by atoms with Gasteiger partial charge < -0.3 is 23.7 Å². The fourth-order valence-electron chi connectivity index (χ4n) is 21.6. The summed E-state index contributed by atoms with van der Waals surface area (Å²) in [4.78, 5) is 179. The standard InChI is InChI=1S/C135H130O15/c1-131(2,3)91-71-96-106(111(116(136)81-51-31-21-32-52-81)117(137)82-53-33-22-34-54-82)98-73-92(132(4,5)6)75-100(127(98)147-17)108(113(120(140)85-59-39-25-40-60-85)121(141)86-61-41-26-42-62-86)102-77-94(134(10,11)12)79-104(129(102)149-19)110(115(124(144)89-67-47-29-48-68-89)125(145)90-69-49-30-50-70-90)105-80-95(135(13,14)15)78-103(130(105)150-20)109(114(122(142)87-63-43-27-44-64-87)123(143)88-65-45-28-46-66-88)101-76-93(133(7,8)9)74-99(128(101)148-18)107(97(72-91)126(96)146-16)112(118(138)83-55-35-23-36-56-83)119(139)84-57-37-24-38-58-84/h21-80,106-115H,1-20H3. The highest BCUT2D eigenvalue weighted by atomic mass is 16.5.